The Kier molecular flexibility index (Phi) is 5.00. The minimum Gasteiger partial charge on any atom is -0.369 e. The van der Waals surface area contributed by atoms with E-state index < -0.39 is 0 Å². The first-order valence-corrected chi connectivity index (χ1v) is 7.32. The molecule has 0 aliphatic carbocycles. The van der Waals surface area contributed by atoms with E-state index in [2.05, 4.69) is 25.6 Å². The highest BCUT2D eigenvalue weighted by atomic mass is 32.1. The molecule has 6 nitrogen and oxygen atoms in total. The van der Waals surface area contributed by atoms with Gasteiger partial charge in [-0.2, -0.15) is 0 Å². The zero-order valence-corrected chi connectivity index (χ0v) is 12.3. The molecule has 2 heterocycles. The quantitative estimate of drug-likeness (QED) is 0.846. The first-order valence-electron chi connectivity index (χ1n) is 6.44. The highest BCUT2D eigenvalue weighted by Gasteiger charge is 2.07. The smallest absolute Gasteiger partial charge is 0.271 e. The minimum absolute atomic E-state index is 0.214. The van der Waals surface area contributed by atoms with Crippen LogP contribution in [0.5, 0.6) is 0 Å². The highest BCUT2D eigenvalue weighted by Crippen LogP contribution is 2.08. The Morgan fingerprint density at radius 3 is 2.80 bits per heavy atom. The lowest BCUT2D eigenvalue weighted by Gasteiger charge is -2.04. The average Bonchev–Trinajstić information content (AvgIpc) is 2.85. The first kappa shape index (κ1) is 14.4. The Bertz CT molecular complexity index is 566. The van der Waals surface area contributed by atoms with E-state index in [-0.39, 0.29) is 5.91 Å². The maximum atomic E-state index is 11.9. The van der Waals surface area contributed by atoms with E-state index in [1.54, 1.807) is 17.5 Å². The molecule has 2 rings (SSSR count). The van der Waals surface area contributed by atoms with Crippen molar-refractivity contribution in [2.75, 3.05) is 18.4 Å². The van der Waals surface area contributed by atoms with Gasteiger partial charge in [-0.25, -0.2) is 15.0 Å². The Labute approximate surface area is 121 Å². The van der Waals surface area contributed by atoms with E-state index in [1.165, 1.54) is 6.20 Å². The van der Waals surface area contributed by atoms with Crippen molar-refractivity contribution >= 4 is 23.1 Å². The van der Waals surface area contributed by atoms with Crippen molar-refractivity contribution in [2.45, 2.75) is 20.3 Å². The molecule has 0 radical (unpaired) electrons. The van der Waals surface area contributed by atoms with Crippen LogP contribution in [0.2, 0.25) is 0 Å². The molecule has 20 heavy (non-hydrogen) atoms. The van der Waals surface area contributed by atoms with Gasteiger partial charge in [-0.3, -0.25) is 4.79 Å². The number of rotatable bonds is 6. The summed E-state index contributed by atoms with van der Waals surface area (Å²) >= 11 is 1.61. The third-order valence-electron chi connectivity index (χ3n) is 2.53. The minimum atomic E-state index is -0.214. The predicted octanol–water partition coefficient (Wildman–Crippen LogP) is 1.65. The number of carbonyl (C=O) groups is 1. The Morgan fingerprint density at radius 2 is 2.20 bits per heavy atom. The molecule has 0 fully saturated rings. The van der Waals surface area contributed by atoms with Crippen LogP contribution in [-0.4, -0.2) is 33.9 Å². The number of aryl methyl sites for hydroxylation is 1. The van der Waals surface area contributed by atoms with E-state index in [0.717, 1.165) is 23.7 Å². The van der Waals surface area contributed by atoms with Crippen LogP contribution in [0.3, 0.4) is 0 Å². The first-order chi connectivity index (χ1) is 9.69. The van der Waals surface area contributed by atoms with E-state index >= 15 is 0 Å². The predicted molar refractivity (Wildman–Crippen MR) is 79.1 cm³/mol. The van der Waals surface area contributed by atoms with Gasteiger partial charge in [0.25, 0.3) is 5.91 Å². The topological polar surface area (TPSA) is 79.8 Å². The third kappa shape index (κ3) is 3.99. The van der Waals surface area contributed by atoms with Crippen molar-refractivity contribution in [1.82, 2.24) is 20.3 Å². The van der Waals surface area contributed by atoms with Gasteiger partial charge in [0, 0.05) is 30.6 Å². The summed E-state index contributed by atoms with van der Waals surface area (Å²) in [6, 6.07) is 0. The van der Waals surface area contributed by atoms with Gasteiger partial charge < -0.3 is 10.6 Å². The molecule has 106 valence electrons. The largest absolute Gasteiger partial charge is 0.369 e. The third-order valence-corrected chi connectivity index (χ3v) is 3.56. The Morgan fingerprint density at radius 1 is 1.35 bits per heavy atom. The molecule has 2 aromatic heterocycles. The summed E-state index contributed by atoms with van der Waals surface area (Å²) < 4.78 is 0. The molecule has 0 aliphatic rings. The van der Waals surface area contributed by atoms with Crippen LogP contribution in [-0.2, 0) is 6.42 Å². The molecule has 0 unspecified atom stereocenters. The fourth-order valence-corrected chi connectivity index (χ4v) is 2.38. The standard InChI is InChI=1S/C13H17N5OS/c1-3-14-11-7-16-10(6-17-11)13(19)15-5-4-12-18-9(2)8-20-12/h6-8H,3-5H2,1-2H3,(H,14,17)(H,15,19). The molecule has 1 amide bonds. The van der Waals surface area contributed by atoms with Crippen LogP contribution in [0, 0.1) is 6.92 Å². The van der Waals surface area contributed by atoms with Gasteiger partial charge in [0.1, 0.15) is 11.5 Å². The van der Waals surface area contributed by atoms with Crippen LogP contribution in [0.1, 0.15) is 28.1 Å². The van der Waals surface area contributed by atoms with Gasteiger partial charge >= 0.3 is 0 Å². The molecule has 2 N–H and O–H groups in total. The monoisotopic (exact) mass is 291 g/mol. The lowest BCUT2D eigenvalue weighted by molar-refractivity contribution is 0.0949. The normalized spacial score (nSPS) is 10.3. The second kappa shape index (κ2) is 6.95. The number of hydrogen-bond donors (Lipinski definition) is 2. The summed E-state index contributed by atoms with van der Waals surface area (Å²) in [6.45, 7) is 5.25. The second-order valence-corrected chi connectivity index (χ2v) is 5.15. The molecule has 0 spiro atoms. The molecule has 0 saturated heterocycles. The van der Waals surface area contributed by atoms with Crippen molar-refractivity contribution in [3.05, 3.63) is 34.2 Å². The lowest BCUT2D eigenvalue weighted by Crippen LogP contribution is -2.26. The molecule has 2 aromatic rings. The molecular formula is C13H17N5OS. The number of hydrogen-bond acceptors (Lipinski definition) is 6. The molecule has 7 heteroatoms. The van der Waals surface area contributed by atoms with Gasteiger partial charge in [-0.05, 0) is 13.8 Å². The fraction of sp³-hybridized carbons (Fsp3) is 0.385. The number of anilines is 1. The number of carbonyl (C=O) groups excluding carboxylic acids is 1. The number of aromatic nitrogens is 3. The zero-order chi connectivity index (χ0) is 14.4. The Hall–Kier alpha value is -2.02. The van der Waals surface area contributed by atoms with Crippen molar-refractivity contribution in [3.63, 3.8) is 0 Å². The Balaban J connectivity index is 1.82. The summed E-state index contributed by atoms with van der Waals surface area (Å²) in [7, 11) is 0. The number of nitrogens with one attached hydrogen (secondary N) is 2. The van der Waals surface area contributed by atoms with Crippen LogP contribution in [0.15, 0.2) is 17.8 Å². The number of amides is 1. The lowest BCUT2D eigenvalue weighted by atomic mass is 10.4. The van der Waals surface area contributed by atoms with Gasteiger partial charge in [0.15, 0.2) is 0 Å². The second-order valence-electron chi connectivity index (χ2n) is 4.21. The molecule has 0 atom stereocenters. The van der Waals surface area contributed by atoms with Crippen LogP contribution < -0.4 is 10.6 Å². The summed E-state index contributed by atoms with van der Waals surface area (Å²) in [5.74, 6) is 0.455. The van der Waals surface area contributed by atoms with E-state index in [1.807, 2.05) is 19.2 Å². The molecule has 0 bridgehead atoms. The van der Waals surface area contributed by atoms with Crippen LogP contribution >= 0.6 is 11.3 Å². The summed E-state index contributed by atoms with van der Waals surface area (Å²) in [4.78, 5) is 24.4. The maximum absolute atomic E-state index is 11.9. The summed E-state index contributed by atoms with van der Waals surface area (Å²) in [5.41, 5.74) is 1.34. The summed E-state index contributed by atoms with van der Waals surface area (Å²) in [5, 5.41) is 8.87. The summed E-state index contributed by atoms with van der Waals surface area (Å²) in [6.07, 6.45) is 3.76. The molecule has 0 aromatic carbocycles. The number of thiazole rings is 1. The van der Waals surface area contributed by atoms with Crippen LogP contribution in [0.4, 0.5) is 5.82 Å². The average molecular weight is 291 g/mol. The van der Waals surface area contributed by atoms with Crippen molar-refractivity contribution in [2.24, 2.45) is 0 Å². The van der Waals surface area contributed by atoms with Gasteiger partial charge in [-0.1, -0.05) is 0 Å². The van der Waals surface area contributed by atoms with Crippen molar-refractivity contribution in [3.8, 4) is 0 Å². The number of nitrogens with zero attached hydrogens (tertiary/aromatic N) is 3. The van der Waals surface area contributed by atoms with Crippen molar-refractivity contribution < 1.29 is 4.79 Å². The fourth-order valence-electron chi connectivity index (χ4n) is 1.61. The van der Waals surface area contributed by atoms with E-state index in [4.69, 9.17) is 0 Å². The van der Waals surface area contributed by atoms with Crippen molar-refractivity contribution in [1.29, 1.82) is 0 Å². The van der Waals surface area contributed by atoms with E-state index in [0.29, 0.717) is 18.1 Å². The van der Waals surface area contributed by atoms with Gasteiger partial charge in [0.05, 0.1) is 17.4 Å². The SMILES string of the molecule is CCNc1cnc(C(=O)NCCc2nc(C)cs2)cn1. The van der Waals surface area contributed by atoms with Gasteiger partial charge in [0.2, 0.25) is 0 Å². The zero-order valence-electron chi connectivity index (χ0n) is 11.5. The molecule has 0 aliphatic heterocycles. The van der Waals surface area contributed by atoms with Crippen LogP contribution in [0.25, 0.3) is 0 Å². The highest BCUT2D eigenvalue weighted by molar-refractivity contribution is 7.09. The maximum Gasteiger partial charge on any atom is 0.271 e. The van der Waals surface area contributed by atoms with E-state index in [9.17, 15) is 4.79 Å². The molecular weight excluding hydrogens is 274 g/mol. The van der Waals surface area contributed by atoms with Gasteiger partial charge in [-0.15, -0.1) is 11.3 Å². The molecule has 0 saturated carbocycles.